The number of aryl methyl sites for hydroxylation is 1. The molecule has 2 aromatic rings. The number of benzene rings is 1. The van der Waals surface area contributed by atoms with E-state index in [-0.39, 0.29) is 5.91 Å². The zero-order valence-electron chi connectivity index (χ0n) is 11.2. The zero-order valence-corrected chi connectivity index (χ0v) is 11.2. The van der Waals surface area contributed by atoms with Gasteiger partial charge in [0.05, 0.1) is 7.11 Å². The van der Waals surface area contributed by atoms with Gasteiger partial charge in [-0.2, -0.15) is 0 Å². The minimum absolute atomic E-state index is 0.160. The molecular weight excluding hydrogens is 244 g/mol. The normalized spacial score (nSPS) is 10.3. The maximum atomic E-state index is 12.1. The van der Waals surface area contributed by atoms with E-state index in [1.54, 1.807) is 26.0 Å². The first-order valence-electron chi connectivity index (χ1n) is 5.90. The molecule has 0 N–H and O–H groups in total. The molecule has 0 saturated heterocycles. The van der Waals surface area contributed by atoms with E-state index in [2.05, 4.69) is 4.98 Å². The molecule has 0 aliphatic heterocycles. The number of rotatable bonds is 4. The average Bonchev–Trinajstić information content (AvgIpc) is 2.85. The molecule has 1 aromatic carbocycles. The summed E-state index contributed by atoms with van der Waals surface area (Å²) in [5, 5.41) is 0. The van der Waals surface area contributed by atoms with E-state index in [9.17, 15) is 4.79 Å². The Morgan fingerprint density at radius 1 is 1.37 bits per heavy atom. The first kappa shape index (κ1) is 13.1. The third-order valence-corrected chi connectivity index (χ3v) is 2.76. The first-order chi connectivity index (χ1) is 9.10. The van der Waals surface area contributed by atoms with Gasteiger partial charge in [-0.15, -0.1) is 0 Å². The van der Waals surface area contributed by atoms with Crippen LogP contribution in [0.3, 0.4) is 0 Å². The summed E-state index contributed by atoms with van der Waals surface area (Å²) in [7, 11) is 3.36. The van der Waals surface area contributed by atoms with Crippen molar-refractivity contribution in [2.75, 3.05) is 14.2 Å². The van der Waals surface area contributed by atoms with Crippen LogP contribution in [0.1, 0.15) is 21.9 Å². The van der Waals surface area contributed by atoms with E-state index in [1.165, 1.54) is 6.26 Å². The summed E-state index contributed by atoms with van der Waals surface area (Å²) in [5.41, 5.74) is 1.35. The molecule has 1 amide bonds. The minimum atomic E-state index is -0.160. The number of hydrogen-bond acceptors (Lipinski definition) is 4. The standard InChI is InChI=1S/C14H16N2O3/c1-10-15-13(9-19-10)14(17)16(2)8-11-4-6-12(18-3)7-5-11/h4-7,9H,8H2,1-3H3. The maximum absolute atomic E-state index is 12.1. The second-order valence-corrected chi connectivity index (χ2v) is 4.26. The van der Waals surface area contributed by atoms with Gasteiger partial charge in [-0.1, -0.05) is 12.1 Å². The summed E-state index contributed by atoms with van der Waals surface area (Å²) in [5.74, 6) is 1.12. The smallest absolute Gasteiger partial charge is 0.275 e. The number of hydrogen-bond donors (Lipinski definition) is 0. The number of ether oxygens (including phenoxy) is 1. The van der Waals surface area contributed by atoms with Gasteiger partial charge in [-0.25, -0.2) is 4.98 Å². The summed E-state index contributed by atoms with van der Waals surface area (Å²) >= 11 is 0. The highest BCUT2D eigenvalue weighted by Crippen LogP contribution is 2.13. The van der Waals surface area contributed by atoms with Crippen molar-refractivity contribution < 1.29 is 13.9 Å². The summed E-state index contributed by atoms with van der Waals surface area (Å²) in [6.07, 6.45) is 1.38. The van der Waals surface area contributed by atoms with Crippen LogP contribution in [0.4, 0.5) is 0 Å². The number of carbonyl (C=O) groups is 1. The minimum Gasteiger partial charge on any atom is -0.497 e. The molecule has 0 spiro atoms. The van der Waals surface area contributed by atoms with Crippen molar-refractivity contribution in [2.24, 2.45) is 0 Å². The van der Waals surface area contributed by atoms with Crippen LogP contribution in [0.2, 0.25) is 0 Å². The highest BCUT2D eigenvalue weighted by molar-refractivity contribution is 5.91. The molecule has 0 radical (unpaired) electrons. The van der Waals surface area contributed by atoms with Crippen LogP contribution in [-0.4, -0.2) is 29.9 Å². The van der Waals surface area contributed by atoms with Gasteiger partial charge in [0, 0.05) is 20.5 Å². The molecule has 0 saturated carbocycles. The quantitative estimate of drug-likeness (QED) is 0.846. The zero-order chi connectivity index (χ0) is 13.8. The number of nitrogens with zero attached hydrogens (tertiary/aromatic N) is 2. The van der Waals surface area contributed by atoms with Crippen molar-refractivity contribution in [3.05, 3.63) is 47.7 Å². The number of methoxy groups -OCH3 is 1. The van der Waals surface area contributed by atoms with Crippen LogP contribution in [0, 0.1) is 6.92 Å². The van der Waals surface area contributed by atoms with Gasteiger partial charge in [0.2, 0.25) is 0 Å². The van der Waals surface area contributed by atoms with Gasteiger partial charge in [0.15, 0.2) is 11.6 Å². The molecule has 2 rings (SSSR count). The van der Waals surface area contributed by atoms with Gasteiger partial charge in [0.25, 0.3) is 5.91 Å². The molecule has 0 fully saturated rings. The summed E-state index contributed by atoms with van der Waals surface area (Å²) < 4.78 is 10.1. The lowest BCUT2D eigenvalue weighted by Crippen LogP contribution is -2.26. The number of carbonyl (C=O) groups excluding carboxylic acids is 1. The van der Waals surface area contributed by atoms with Crippen molar-refractivity contribution >= 4 is 5.91 Å². The molecular formula is C14H16N2O3. The van der Waals surface area contributed by atoms with Crippen molar-refractivity contribution in [1.82, 2.24) is 9.88 Å². The molecule has 1 heterocycles. The van der Waals surface area contributed by atoms with Crippen LogP contribution in [0.5, 0.6) is 5.75 Å². The molecule has 19 heavy (non-hydrogen) atoms. The lowest BCUT2D eigenvalue weighted by molar-refractivity contribution is 0.0779. The molecule has 0 aliphatic rings. The molecule has 0 bridgehead atoms. The fourth-order valence-electron chi connectivity index (χ4n) is 1.73. The van der Waals surface area contributed by atoms with Crippen LogP contribution < -0.4 is 4.74 Å². The molecule has 5 heteroatoms. The Hall–Kier alpha value is -2.30. The van der Waals surface area contributed by atoms with Crippen LogP contribution in [-0.2, 0) is 6.54 Å². The van der Waals surface area contributed by atoms with E-state index in [4.69, 9.17) is 9.15 Å². The monoisotopic (exact) mass is 260 g/mol. The Morgan fingerprint density at radius 2 is 2.05 bits per heavy atom. The van der Waals surface area contributed by atoms with Crippen molar-refractivity contribution in [3.63, 3.8) is 0 Å². The van der Waals surface area contributed by atoms with Gasteiger partial charge in [-0.05, 0) is 17.7 Å². The summed E-state index contributed by atoms with van der Waals surface area (Å²) in [6.45, 7) is 2.22. The van der Waals surface area contributed by atoms with Gasteiger partial charge >= 0.3 is 0 Å². The second-order valence-electron chi connectivity index (χ2n) is 4.26. The van der Waals surface area contributed by atoms with E-state index in [0.29, 0.717) is 18.1 Å². The van der Waals surface area contributed by atoms with Gasteiger partial charge in [-0.3, -0.25) is 4.79 Å². The van der Waals surface area contributed by atoms with Gasteiger partial charge < -0.3 is 14.1 Å². The molecule has 0 unspecified atom stereocenters. The van der Waals surface area contributed by atoms with Crippen molar-refractivity contribution in [3.8, 4) is 5.75 Å². The second kappa shape index (κ2) is 5.56. The molecule has 100 valence electrons. The largest absolute Gasteiger partial charge is 0.497 e. The Morgan fingerprint density at radius 3 is 2.58 bits per heavy atom. The molecule has 1 aromatic heterocycles. The average molecular weight is 260 g/mol. The topological polar surface area (TPSA) is 55.6 Å². The van der Waals surface area contributed by atoms with Crippen molar-refractivity contribution in [2.45, 2.75) is 13.5 Å². The fourth-order valence-corrected chi connectivity index (χ4v) is 1.73. The highest BCUT2D eigenvalue weighted by atomic mass is 16.5. The van der Waals surface area contributed by atoms with Gasteiger partial charge in [0.1, 0.15) is 12.0 Å². The predicted molar refractivity (Wildman–Crippen MR) is 70.0 cm³/mol. The van der Waals surface area contributed by atoms with E-state index < -0.39 is 0 Å². The summed E-state index contributed by atoms with van der Waals surface area (Å²) in [4.78, 5) is 17.7. The van der Waals surface area contributed by atoms with Crippen LogP contribution in [0.15, 0.2) is 34.9 Å². The van der Waals surface area contributed by atoms with Crippen LogP contribution in [0.25, 0.3) is 0 Å². The molecule has 5 nitrogen and oxygen atoms in total. The van der Waals surface area contributed by atoms with Crippen molar-refractivity contribution in [1.29, 1.82) is 0 Å². The lowest BCUT2D eigenvalue weighted by atomic mass is 10.2. The maximum Gasteiger partial charge on any atom is 0.275 e. The van der Waals surface area contributed by atoms with E-state index in [1.807, 2.05) is 24.3 Å². The third-order valence-electron chi connectivity index (χ3n) is 2.76. The Bertz CT molecular complexity index is 560. The molecule has 0 aliphatic carbocycles. The lowest BCUT2D eigenvalue weighted by Gasteiger charge is -2.15. The number of oxazole rings is 1. The van der Waals surface area contributed by atoms with Crippen LogP contribution >= 0.6 is 0 Å². The third kappa shape index (κ3) is 3.13. The predicted octanol–water partition coefficient (Wildman–Crippen LogP) is 2.26. The Balaban J connectivity index is 2.03. The SMILES string of the molecule is COc1ccc(CN(C)C(=O)c2coc(C)n2)cc1. The Kier molecular flexibility index (Phi) is 3.85. The van der Waals surface area contributed by atoms with E-state index >= 15 is 0 Å². The molecule has 0 atom stereocenters. The first-order valence-corrected chi connectivity index (χ1v) is 5.90. The summed E-state index contributed by atoms with van der Waals surface area (Å²) in [6, 6.07) is 7.59. The van der Waals surface area contributed by atoms with E-state index in [0.717, 1.165) is 11.3 Å². The number of aromatic nitrogens is 1. The fraction of sp³-hybridized carbons (Fsp3) is 0.286. The Labute approximate surface area is 111 Å². The highest BCUT2D eigenvalue weighted by Gasteiger charge is 2.15. The number of amides is 1.